The van der Waals surface area contributed by atoms with Crippen LogP contribution >= 0.6 is 23.2 Å². The van der Waals surface area contributed by atoms with E-state index in [9.17, 15) is 9.59 Å². The van der Waals surface area contributed by atoms with Crippen molar-refractivity contribution >= 4 is 35.1 Å². The molecule has 0 spiro atoms. The van der Waals surface area contributed by atoms with E-state index < -0.39 is 5.97 Å². The quantitative estimate of drug-likeness (QED) is 0.543. The minimum Gasteiger partial charge on any atom is -0.492 e. The van der Waals surface area contributed by atoms with E-state index in [-0.39, 0.29) is 23.2 Å². The maximum atomic E-state index is 12.0. The normalized spacial score (nSPS) is 10.2. The highest BCUT2D eigenvalue weighted by atomic mass is 35.5. The molecule has 0 saturated heterocycles. The van der Waals surface area contributed by atoms with Crippen LogP contribution in [0.25, 0.3) is 0 Å². The number of benzene rings is 1. The van der Waals surface area contributed by atoms with Gasteiger partial charge >= 0.3 is 5.97 Å². The van der Waals surface area contributed by atoms with Crippen molar-refractivity contribution in [3.8, 4) is 5.75 Å². The molecule has 8 heteroatoms. The van der Waals surface area contributed by atoms with Gasteiger partial charge in [-0.15, -0.1) is 0 Å². The van der Waals surface area contributed by atoms with E-state index in [0.29, 0.717) is 23.9 Å². The Balaban J connectivity index is 1.72. The highest BCUT2D eigenvalue weighted by Crippen LogP contribution is 2.15. The molecule has 1 amide bonds. The van der Waals surface area contributed by atoms with E-state index in [0.717, 1.165) is 0 Å². The van der Waals surface area contributed by atoms with Crippen molar-refractivity contribution in [2.75, 3.05) is 26.8 Å². The van der Waals surface area contributed by atoms with Crippen LogP contribution in [0.5, 0.6) is 5.75 Å². The second-order valence-electron chi connectivity index (χ2n) is 5.06. The first kappa shape index (κ1) is 19.0. The Morgan fingerprint density at radius 2 is 1.88 bits per heavy atom. The van der Waals surface area contributed by atoms with Crippen LogP contribution in [-0.2, 0) is 9.53 Å². The Morgan fingerprint density at radius 3 is 2.56 bits per heavy atom. The first-order chi connectivity index (χ1) is 12.0. The van der Waals surface area contributed by atoms with E-state index >= 15 is 0 Å². The largest absolute Gasteiger partial charge is 0.492 e. The van der Waals surface area contributed by atoms with Gasteiger partial charge in [0.1, 0.15) is 17.5 Å². The maximum Gasteiger partial charge on any atom is 0.338 e. The van der Waals surface area contributed by atoms with Crippen LogP contribution in [0.3, 0.4) is 0 Å². The number of esters is 1. The van der Waals surface area contributed by atoms with E-state index in [2.05, 4.69) is 4.98 Å². The number of nitrogens with zero attached hydrogens (tertiary/aromatic N) is 2. The average molecular weight is 383 g/mol. The fraction of sp³-hybridized carbons (Fsp3) is 0.235. The molecule has 132 valence electrons. The molecule has 2 aromatic rings. The first-order valence-electron chi connectivity index (χ1n) is 7.36. The molecule has 0 unspecified atom stereocenters. The molecule has 25 heavy (non-hydrogen) atoms. The van der Waals surface area contributed by atoms with Crippen molar-refractivity contribution in [2.45, 2.75) is 0 Å². The fourth-order valence-electron chi connectivity index (χ4n) is 1.81. The number of hydrogen-bond donors (Lipinski definition) is 0. The minimum absolute atomic E-state index is 0.178. The Labute approximate surface area is 155 Å². The van der Waals surface area contributed by atoms with Crippen LogP contribution in [0.2, 0.25) is 10.2 Å². The molecule has 0 aliphatic carbocycles. The van der Waals surface area contributed by atoms with Crippen LogP contribution in [0.15, 0.2) is 42.6 Å². The minimum atomic E-state index is -0.636. The predicted octanol–water partition coefficient (Wildman–Crippen LogP) is 3.08. The van der Waals surface area contributed by atoms with Gasteiger partial charge in [0.25, 0.3) is 5.91 Å². The molecule has 2 rings (SSSR count). The van der Waals surface area contributed by atoms with Gasteiger partial charge in [0.05, 0.1) is 12.1 Å². The lowest BCUT2D eigenvalue weighted by Crippen LogP contribution is -2.34. The van der Waals surface area contributed by atoms with Gasteiger partial charge in [-0.3, -0.25) is 4.79 Å². The molecule has 0 N–H and O–H groups in total. The molecule has 1 aromatic carbocycles. The van der Waals surface area contributed by atoms with Crippen LogP contribution < -0.4 is 4.74 Å². The molecular formula is C17H16Cl2N2O4. The molecule has 0 atom stereocenters. The van der Waals surface area contributed by atoms with E-state index in [1.807, 2.05) is 0 Å². The number of halogens is 2. The van der Waals surface area contributed by atoms with Gasteiger partial charge in [-0.25, -0.2) is 9.78 Å². The molecule has 1 heterocycles. The van der Waals surface area contributed by atoms with Crippen molar-refractivity contribution in [1.82, 2.24) is 9.88 Å². The van der Waals surface area contributed by atoms with Crippen molar-refractivity contribution in [2.24, 2.45) is 0 Å². The summed E-state index contributed by atoms with van der Waals surface area (Å²) in [7, 11) is 1.60. The number of amides is 1. The maximum absolute atomic E-state index is 12.0. The molecule has 0 aliphatic rings. The van der Waals surface area contributed by atoms with Gasteiger partial charge in [-0.2, -0.15) is 0 Å². The van der Waals surface area contributed by atoms with E-state index in [1.54, 1.807) is 31.3 Å². The van der Waals surface area contributed by atoms with Gasteiger partial charge in [-0.05, 0) is 36.4 Å². The fourth-order valence-corrected chi connectivity index (χ4v) is 2.11. The molecule has 0 saturated carbocycles. The molecule has 0 fully saturated rings. The smallest absolute Gasteiger partial charge is 0.338 e. The third-order valence-electron chi connectivity index (χ3n) is 3.22. The van der Waals surface area contributed by atoms with Crippen molar-refractivity contribution < 1.29 is 19.1 Å². The third-order valence-corrected chi connectivity index (χ3v) is 3.68. The molecule has 0 bridgehead atoms. The Bertz CT molecular complexity index is 738. The summed E-state index contributed by atoms with van der Waals surface area (Å²) in [6.45, 7) is 0.286. The van der Waals surface area contributed by atoms with Gasteiger partial charge < -0.3 is 14.4 Å². The Hall–Kier alpha value is -2.31. The summed E-state index contributed by atoms with van der Waals surface area (Å²) in [5.41, 5.74) is 0.238. The molecular weight excluding hydrogens is 367 g/mol. The highest BCUT2D eigenvalue weighted by Gasteiger charge is 2.14. The van der Waals surface area contributed by atoms with Crippen molar-refractivity contribution in [1.29, 1.82) is 0 Å². The SMILES string of the molecule is CN(CCOc1ccc(Cl)cc1)C(=O)COC(=O)c1ccnc(Cl)c1. The first-order valence-corrected chi connectivity index (χ1v) is 8.12. The second-order valence-corrected chi connectivity index (χ2v) is 5.88. The molecule has 1 aromatic heterocycles. The van der Waals surface area contributed by atoms with E-state index in [4.69, 9.17) is 32.7 Å². The molecule has 0 radical (unpaired) electrons. The summed E-state index contributed by atoms with van der Waals surface area (Å²) in [5, 5.41) is 0.800. The average Bonchev–Trinajstić information content (AvgIpc) is 2.61. The van der Waals surface area contributed by atoms with Gasteiger partial charge in [0.2, 0.25) is 0 Å². The zero-order chi connectivity index (χ0) is 18.2. The summed E-state index contributed by atoms with van der Waals surface area (Å²) in [6.07, 6.45) is 1.39. The number of carbonyl (C=O) groups excluding carboxylic acids is 2. The number of hydrogen-bond acceptors (Lipinski definition) is 5. The monoisotopic (exact) mass is 382 g/mol. The van der Waals surface area contributed by atoms with Gasteiger partial charge in [0.15, 0.2) is 6.61 Å². The number of rotatable bonds is 7. The Morgan fingerprint density at radius 1 is 1.16 bits per heavy atom. The van der Waals surface area contributed by atoms with Crippen molar-refractivity contribution in [3.05, 3.63) is 58.3 Å². The predicted molar refractivity (Wildman–Crippen MR) is 94.1 cm³/mol. The van der Waals surface area contributed by atoms with Gasteiger partial charge in [0, 0.05) is 18.3 Å². The lowest BCUT2D eigenvalue weighted by molar-refractivity contribution is -0.133. The number of ether oxygens (including phenoxy) is 2. The summed E-state index contributed by atoms with van der Waals surface area (Å²) < 4.78 is 10.5. The number of aromatic nitrogens is 1. The molecule has 0 aliphatic heterocycles. The zero-order valence-electron chi connectivity index (χ0n) is 13.4. The number of carbonyl (C=O) groups is 2. The van der Waals surface area contributed by atoms with E-state index in [1.165, 1.54) is 23.2 Å². The second kappa shape index (κ2) is 9.25. The van der Waals surface area contributed by atoms with Crippen LogP contribution in [0.1, 0.15) is 10.4 Å². The topological polar surface area (TPSA) is 68.7 Å². The highest BCUT2D eigenvalue weighted by molar-refractivity contribution is 6.30. The summed E-state index contributed by atoms with van der Waals surface area (Å²) in [5.74, 6) is -0.317. The van der Waals surface area contributed by atoms with Crippen LogP contribution in [0.4, 0.5) is 0 Å². The summed E-state index contributed by atoms with van der Waals surface area (Å²) >= 11 is 11.5. The zero-order valence-corrected chi connectivity index (χ0v) is 15.0. The Kier molecular flexibility index (Phi) is 7.03. The molecule has 6 nitrogen and oxygen atoms in total. The van der Waals surface area contributed by atoms with Crippen molar-refractivity contribution in [3.63, 3.8) is 0 Å². The lowest BCUT2D eigenvalue weighted by atomic mass is 10.3. The van der Waals surface area contributed by atoms with Crippen LogP contribution in [0, 0.1) is 0 Å². The van der Waals surface area contributed by atoms with Crippen LogP contribution in [-0.4, -0.2) is 48.6 Å². The summed E-state index contributed by atoms with van der Waals surface area (Å²) in [4.78, 5) is 29.0. The lowest BCUT2D eigenvalue weighted by Gasteiger charge is -2.17. The number of likely N-dealkylation sites (N-methyl/N-ethyl adjacent to an activating group) is 1. The standard InChI is InChI=1S/C17H16Cl2N2O4/c1-21(8-9-24-14-4-2-13(18)3-5-14)16(22)11-25-17(23)12-6-7-20-15(19)10-12/h2-7,10H,8-9,11H2,1H3. The number of pyridine rings is 1. The van der Waals surface area contributed by atoms with Gasteiger partial charge in [-0.1, -0.05) is 23.2 Å². The summed E-state index contributed by atoms with van der Waals surface area (Å²) in [6, 6.07) is 9.76. The third kappa shape index (κ3) is 6.25.